The molecule has 2 rings (SSSR count). The lowest BCUT2D eigenvalue weighted by atomic mass is 10.0. The Hall–Kier alpha value is -2.41. The highest BCUT2D eigenvalue weighted by molar-refractivity contribution is 7.13. The molecule has 1 heterocycles. The van der Waals surface area contributed by atoms with Gasteiger partial charge in [-0.25, -0.2) is 4.98 Å². The van der Waals surface area contributed by atoms with Gasteiger partial charge >= 0.3 is 5.97 Å². The van der Waals surface area contributed by atoms with Crippen LogP contribution in [-0.2, 0) is 16.0 Å². The Labute approximate surface area is 145 Å². The van der Waals surface area contributed by atoms with E-state index in [1.54, 1.807) is 24.6 Å². The standard InChI is InChI=1S/C17H21N3O3S/c1-4-23-16(22)8-14-10-24-17(19-14)20-18-9-13-7-12(11(2)3)5-6-15(13)21/h5-7,9-11,21H,4,8H2,1-3H3,(H,19,20). The van der Waals surface area contributed by atoms with Crippen molar-refractivity contribution >= 4 is 28.7 Å². The molecule has 0 aliphatic carbocycles. The summed E-state index contributed by atoms with van der Waals surface area (Å²) in [5.41, 5.74) is 5.21. The molecule has 0 spiro atoms. The number of phenolic OH excluding ortho intramolecular Hbond substituents is 1. The number of aromatic hydroxyl groups is 1. The topological polar surface area (TPSA) is 83.8 Å². The van der Waals surface area contributed by atoms with E-state index in [4.69, 9.17) is 4.74 Å². The van der Waals surface area contributed by atoms with E-state index in [9.17, 15) is 9.90 Å². The normalized spacial score (nSPS) is 11.2. The first-order valence-corrected chi connectivity index (χ1v) is 8.59. The minimum absolute atomic E-state index is 0.146. The molecule has 0 amide bonds. The molecule has 0 bridgehead atoms. The van der Waals surface area contributed by atoms with Crippen molar-refractivity contribution in [3.05, 3.63) is 40.4 Å². The highest BCUT2D eigenvalue weighted by Crippen LogP contribution is 2.22. The molecule has 0 saturated heterocycles. The highest BCUT2D eigenvalue weighted by atomic mass is 32.1. The number of hydrogen-bond donors (Lipinski definition) is 2. The summed E-state index contributed by atoms with van der Waals surface area (Å²) in [6.07, 6.45) is 1.70. The van der Waals surface area contributed by atoms with Crippen molar-refractivity contribution in [1.29, 1.82) is 0 Å². The SMILES string of the molecule is CCOC(=O)Cc1csc(NN=Cc2cc(C(C)C)ccc2O)n1. The number of nitrogens with zero attached hydrogens (tertiary/aromatic N) is 2. The van der Waals surface area contributed by atoms with Crippen molar-refractivity contribution in [2.75, 3.05) is 12.0 Å². The van der Waals surface area contributed by atoms with E-state index in [1.165, 1.54) is 11.3 Å². The van der Waals surface area contributed by atoms with E-state index in [-0.39, 0.29) is 18.1 Å². The van der Waals surface area contributed by atoms with Crippen LogP contribution in [0.3, 0.4) is 0 Å². The summed E-state index contributed by atoms with van der Waals surface area (Å²) in [5.74, 6) is 0.246. The summed E-state index contributed by atoms with van der Waals surface area (Å²) in [6, 6.07) is 5.46. The molecular weight excluding hydrogens is 326 g/mol. The van der Waals surface area contributed by atoms with E-state index in [1.807, 2.05) is 12.1 Å². The summed E-state index contributed by atoms with van der Waals surface area (Å²) in [4.78, 5) is 15.7. The average Bonchev–Trinajstić information content (AvgIpc) is 2.96. The molecule has 128 valence electrons. The Morgan fingerprint density at radius 3 is 3.00 bits per heavy atom. The lowest BCUT2D eigenvalue weighted by Gasteiger charge is -2.07. The van der Waals surface area contributed by atoms with Gasteiger partial charge in [0.2, 0.25) is 5.13 Å². The number of thiazole rings is 1. The summed E-state index contributed by atoms with van der Waals surface area (Å²) >= 11 is 1.35. The van der Waals surface area contributed by atoms with Crippen molar-refractivity contribution in [2.24, 2.45) is 5.10 Å². The Bertz CT molecular complexity index is 726. The summed E-state index contributed by atoms with van der Waals surface area (Å²) < 4.78 is 4.89. The van der Waals surface area contributed by atoms with E-state index in [0.29, 0.717) is 28.9 Å². The van der Waals surface area contributed by atoms with Crippen molar-refractivity contribution in [1.82, 2.24) is 4.98 Å². The van der Waals surface area contributed by atoms with E-state index in [0.717, 1.165) is 5.56 Å². The quantitative estimate of drug-likeness (QED) is 0.455. The van der Waals surface area contributed by atoms with Crippen molar-refractivity contribution in [2.45, 2.75) is 33.1 Å². The Balaban J connectivity index is 1.98. The zero-order chi connectivity index (χ0) is 17.5. The van der Waals surface area contributed by atoms with Gasteiger partial charge in [-0.1, -0.05) is 19.9 Å². The smallest absolute Gasteiger partial charge is 0.311 e. The molecular formula is C17H21N3O3S. The van der Waals surface area contributed by atoms with Crippen LogP contribution < -0.4 is 5.43 Å². The van der Waals surface area contributed by atoms with Crippen molar-refractivity contribution < 1.29 is 14.6 Å². The maximum absolute atomic E-state index is 11.4. The van der Waals surface area contributed by atoms with Crippen LogP contribution in [0.25, 0.3) is 0 Å². The molecule has 0 fully saturated rings. The summed E-state index contributed by atoms with van der Waals surface area (Å²) in [7, 11) is 0. The molecule has 2 N–H and O–H groups in total. The number of rotatable bonds is 7. The van der Waals surface area contributed by atoms with Crippen LogP contribution in [0.1, 0.15) is 43.5 Å². The average molecular weight is 347 g/mol. The number of anilines is 1. The number of carbonyl (C=O) groups excluding carboxylic acids is 1. The molecule has 0 unspecified atom stereocenters. The van der Waals surface area contributed by atoms with Crippen molar-refractivity contribution in [3.63, 3.8) is 0 Å². The molecule has 0 saturated carbocycles. The predicted octanol–water partition coefficient (Wildman–Crippen LogP) is 3.52. The van der Waals surface area contributed by atoms with Crippen molar-refractivity contribution in [3.8, 4) is 5.75 Å². The zero-order valence-electron chi connectivity index (χ0n) is 13.9. The van der Waals surface area contributed by atoms with Crippen LogP contribution in [0.5, 0.6) is 5.75 Å². The number of aromatic nitrogens is 1. The third kappa shape index (κ3) is 5.06. The number of ether oxygens (including phenoxy) is 1. The molecule has 0 aliphatic rings. The van der Waals surface area contributed by atoms with Gasteiger partial charge < -0.3 is 9.84 Å². The van der Waals surface area contributed by atoms with Crippen LogP contribution in [0.15, 0.2) is 28.7 Å². The summed E-state index contributed by atoms with van der Waals surface area (Å²) in [6.45, 7) is 6.31. The first-order chi connectivity index (χ1) is 11.5. The molecule has 0 atom stereocenters. The number of hydrazone groups is 1. The largest absolute Gasteiger partial charge is 0.507 e. The first-order valence-electron chi connectivity index (χ1n) is 7.71. The fraction of sp³-hybridized carbons (Fsp3) is 0.353. The first kappa shape index (κ1) is 17.9. The number of benzene rings is 1. The van der Waals surface area contributed by atoms with Gasteiger partial charge in [0.1, 0.15) is 5.75 Å². The number of hydrogen-bond acceptors (Lipinski definition) is 7. The van der Waals surface area contributed by atoms with Gasteiger partial charge in [0.15, 0.2) is 0 Å². The van der Waals surface area contributed by atoms with Crippen LogP contribution >= 0.6 is 11.3 Å². The second-order valence-corrected chi connectivity index (χ2v) is 6.33. The molecule has 7 heteroatoms. The number of carbonyl (C=O) groups is 1. The lowest BCUT2D eigenvalue weighted by molar-refractivity contribution is -0.142. The molecule has 0 radical (unpaired) electrons. The minimum Gasteiger partial charge on any atom is -0.507 e. The van der Waals surface area contributed by atoms with Gasteiger partial charge in [0, 0.05) is 10.9 Å². The Morgan fingerprint density at radius 1 is 1.50 bits per heavy atom. The van der Waals surface area contributed by atoms with Gasteiger partial charge in [-0.3, -0.25) is 10.2 Å². The molecule has 1 aromatic heterocycles. The van der Waals surface area contributed by atoms with Crippen LogP contribution in [0.2, 0.25) is 0 Å². The number of esters is 1. The molecule has 6 nitrogen and oxygen atoms in total. The monoisotopic (exact) mass is 347 g/mol. The van der Waals surface area contributed by atoms with Gasteiger partial charge in [0.05, 0.1) is 24.9 Å². The predicted molar refractivity (Wildman–Crippen MR) is 95.9 cm³/mol. The molecule has 24 heavy (non-hydrogen) atoms. The highest BCUT2D eigenvalue weighted by Gasteiger charge is 2.08. The molecule has 0 aliphatic heterocycles. The fourth-order valence-electron chi connectivity index (χ4n) is 1.99. The molecule has 1 aromatic carbocycles. The number of nitrogens with one attached hydrogen (secondary N) is 1. The summed E-state index contributed by atoms with van der Waals surface area (Å²) in [5, 5.41) is 16.3. The third-order valence-corrected chi connectivity index (χ3v) is 4.06. The van der Waals surface area contributed by atoms with Gasteiger partial charge in [-0.05, 0) is 30.5 Å². The van der Waals surface area contributed by atoms with Crippen LogP contribution in [-0.4, -0.2) is 28.9 Å². The Kier molecular flexibility index (Phi) is 6.31. The van der Waals surface area contributed by atoms with Gasteiger partial charge in [-0.15, -0.1) is 11.3 Å². The number of phenols is 1. The van der Waals surface area contributed by atoms with Crippen LogP contribution in [0.4, 0.5) is 5.13 Å². The second kappa shape index (κ2) is 8.44. The van der Waals surface area contributed by atoms with Gasteiger partial charge in [0.25, 0.3) is 0 Å². The van der Waals surface area contributed by atoms with Gasteiger partial charge in [-0.2, -0.15) is 5.10 Å². The fourth-order valence-corrected chi connectivity index (χ4v) is 2.65. The second-order valence-electron chi connectivity index (χ2n) is 5.47. The zero-order valence-corrected chi connectivity index (χ0v) is 14.8. The third-order valence-electron chi connectivity index (χ3n) is 3.26. The Morgan fingerprint density at radius 2 is 2.29 bits per heavy atom. The maximum Gasteiger partial charge on any atom is 0.311 e. The van der Waals surface area contributed by atoms with E-state index in [2.05, 4.69) is 29.4 Å². The molecule has 2 aromatic rings. The maximum atomic E-state index is 11.4. The minimum atomic E-state index is -0.298. The van der Waals surface area contributed by atoms with E-state index >= 15 is 0 Å². The van der Waals surface area contributed by atoms with E-state index < -0.39 is 0 Å². The van der Waals surface area contributed by atoms with Crippen LogP contribution in [0, 0.1) is 0 Å². The lowest BCUT2D eigenvalue weighted by Crippen LogP contribution is -2.07.